The van der Waals surface area contributed by atoms with Gasteiger partial charge < -0.3 is 9.72 Å². The van der Waals surface area contributed by atoms with E-state index in [1.165, 1.54) is 19.2 Å². The normalized spacial score (nSPS) is 12.6. The molecule has 2 N–H and O–H groups in total. The van der Waals surface area contributed by atoms with Crippen LogP contribution in [0.5, 0.6) is 0 Å². The Kier molecular flexibility index (Phi) is 5.43. The number of aromatic nitrogens is 1. The van der Waals surface area contributed by atoms with Gasteiger partial charge in [0, 0.05) is 23.5 Å². The number of sulfonamides is 1. The predicted molar refractivity (Wildman–Crippen MR) is 105 cm³/mol. The van der Waals surface area contributed by atoms with Crippen molar-refractivity contribution in [2.75, 3.05) is 7.11 Å². The van der Waals surface area contributed by atoms with Crippen LogP contribution in [0.25, 0.3) is 17.0 Å². The van der Waals surface area contributed by atoms with Gasteiger partial charge in [0.1, 0.15) is 6.04 Å². The first kappa shape index (κ1) is 18.9. The third-order valence-electron chi connectivity index (χ3n) is 4.31. The summed E-state index contributed by atoms with van der Waals surface area (Å²) in [5.74, 6) is -0.647. The molecule has 0 saturated heterocycles. The van der Waals surface area contributed by atoms with Crippen LogP contribution >= 0.6 is 0 Å². The summed E-state index contributed by atoms with van der Waals surface area (Å²) in [7, 11) is -2.66. The van der Waals surface area contributed by atoms with Crippen molar-refractivity contribution in [1.29, 1.82) is 0 Å². The van der Waals surface area contributed by atoms with E-state index in [1.54, 1.807) is 24.4 Å². The summed E-state index contributed by atoms with van der Waals surface area (Å²) in [5, 5.41) is 0.931. The zero-order valence-electron chi connectivity index (χ0n) is 14.8. The number of H-pyrrole nitrogens is 1. The van der Waals surface area contributed by atoms with Crippen LogP contribution in [0.1, 0.15) is 11.1 Å². The first-order valence-electron chi connectivity index (χ1n) is 8.32. The van der Waals surface area contributed by atoms with Crippen LogP contribution in [0.2, 0.25) is 0 Å². The average molecular weight is 384 g/mol. The van der Waals surface area contributed by atoms with Crippen molar-refractivity contribution >= 4 is 33.0 Å². The molecule has 0 aliphatic carbocycles. The van der Waals surface area contributed by atoms with Gasteiger partial charge in [-0.1, -0.05) is 43.0 Å². The van der Waals surface area contributed by atoms with E-state index in [0.717, 1.165) is 22.0 Å². The molecule has 3 rings (SSSR count). The van der Waals surface area contributed by atoms with Gasteiger partial charge >= 0.3 is 5.97 Å². The minimum Gasteiger partial charge on any atom is -0.468 e. The third-order valence-corrected chi connectivity index (χ3v) is 5.80. The molecule has 6 nitrogen and oxygen atoms in total. The van der Waals surface area contributed by atoms with E-state index in [0.29, 0.717) is 0 Å². The Morgan fingerprint density at radius 3 is 2.59 bits per heavy atom. The molecule has 3 aromatic rings. The van der Waals surface area contributed by atoms with Gasteiger partial charge in [0.2, 0.25) is 10.0 Å². The number of methoxy groups -OCH3 is 1. The fourth-order valence-corrected chi connectivity index (χ4v) is 4.06. The number of aromatic amines is 1. The molecule has 27 heavy (non-hydrogen) atoms. The highest BCUT2D eigenvalue weighted by atomic mass is 32.2. The fraction of sp³-hybridized carbons (Fsp3) is 0.150. The van der Waals surface area contributed by atoms with Gasteiger partial charge in [0.05, 0.1) is 12.0 Å². The second-order valence-corrected chi connectivity index (χ2v) is 7.75. The number of hydrogen-bond acceptors (Lipinski definition) is 4. The Bertz CT molecular complexity index is 1070. The molecule has 0 aliphatic heterocycles. The molecule has 0 aliphatic rings. The average Bonchev–Trinajstić information content (AvgIpc) is 3.09. The summed E-state index contributed by atoms with van der Waals surface area (Å²) in [6.45, 7) is 3.64. The fourth-order valence-electron chi connectivity index (χ4n) is 2.87. The van der Waals surface area contributed by atoms with Gasteiger partial charge in [-0.3, -0.25) is 4.79 Å². The monoisotopic (exact) mass is 384 g/mol. The lowest BCUT2D eigenvalue weighted by Crippen LogP contribution is -2.42. The Morgan fingerprint density at radius 1 is 1.22 bits per heavy atom. The van der Waals surface area contributed by atoms with Gasteiger partial charge in [-0.25, -0.2) is 8.42 Å². The van der Waals surface area contributed by atoms with Crippen molar-refractivity contribution in [2.45, 2.75) is 17.4 Å². The van der Waals surface area contributed by atoms with Crippen LogP contribution in [0.3, 0.4) is 0 Å². The number of para-hydroxylation sites is 1. The molecule has 1 heterocycles. The Hall–Kier alpha value is -2.90. The Morgan fingerprint density at radius 2 is 1.93 bits per heavy atom. The quantitative estimate of drug-likeness (QED) is 0.613. The zero-order chi connectivity index (χ0) is 19.4. The molecule has 0 amide bonds. The second kappa shape index (κ2) is 7.77. The van der Waals surface area contributed by atoms with Gasteiger partial charge in [-0.15, -0.1) is 0 Å². The van der Waals surface area contributed by atoms with Gasteiger partial charge in [-0.2, -0.15) is 4.72 Å². The number of rotatable bonds is 7. The number of carbonyl (C=O) groups excluding carboxylic acids is 1. The molecule has 0 spiro atoms. The largest absolute Gasteiger partial charge is 0.468 e. The van der Waals surface area contributed by atoms with Crippen LogP contribution in [0.4, 0.5) is 0 Å². The minimum atomic E-state index is -3.89. The molecule has 140 valence electrons. The maximum absolute atomic E-state index is 12.7. The van der Waals surface area contributed by atoms with Crippen molar-refractivity contribution in [3.63, 3.8) is 0 Å². The number of esters is 1. The lowest BCUT2D eigenvalue weighted by Gasteiger charge is -2.16. The maximum atomic E-state index is 12.7. The maximum Gasteiger partial charge on any atom is 0.324 e. The van der Waals surface area contributed by atoms with Crippen LogP contribution < -0.4 is 4.72 Å². The lowest BCUT2D eigenvalue weighted by atomic mass is 10.1. The summed E-state index contributed by atoms with van der Waals surface area (Å²) in [5.41, 5.74) is 2.54. The number of fused-ring (bicyclic) bond motifs is 1. The third kappa shape index (κ3) is 4.10. The molecular weight excluding hydrogens is 364 g/mol. The zero-order valence-corrected chi connectivity index (χ0v) is 15.6. The number of ether oxygens (including phenoxy) is 1. The molecule has 0 bridgehead atoms. The summed E-state index contributed by atoms with van der Waals surface area (Å²) in [4.78, 5) is 15.4. The van der Waals surface area contributed by atoms with Crippen molar-refractivity contribution in [3.05, 3.63) is 72.4 Å². The summed E-state index contributed by atoms with van der Waals surface area (Å²) >= 11 is 0. The Balaban J connectivity index is 1.88. The van der Waals surface area contributed by atoms with Gasteiger partial charge in [-0.05, 0) is 29.3 Å². The standard InChI is InChI=1S/C20H20N2O4S/c1-3-14-8-10-16(11-9-14)27(24,25)22-19(20(23)26-2)12-15-13-21-18-7-5-4-6-17(15)18/h3-11,13,19,21-22H,1,12H2,2H3/t19-/m1/s1. The minimum absolute atomic E-state index is 0.0703. The molecule has 0 radical (unpaired) electrons. The van der Waals surface area contributed by atoms with E-state index < -0.39 is 22.0 Å². The van der Waals surface area contributed by atoms with E-state index >= 15 is 0 Å². The summed E-state index contributed by atoms with van der Waals surface area (Å²) in [6.07, 6.45) is 3.56. The van der Waals surface area contributed by atoms with Crippen molar-refractivity contribution in [3.8, 4) is 0 Å². The van der Waals surface area contributed by atoms with E-state index in [4.69, 9.17) is 4.74 Å². The highest BCUT2D eigenvalue weighted by Gasteiger charge is 2.27. The van der Waals surface area contributed by atoms with Crippen molar-refractivity contribution in [1.82, 2.24) is 9.71 Å². The summed E-state index contributed by atoms with van der Waals surface area (Å²) < 4.78 is 32.7. The van der Waals surface area contributed by atoms with Crippen LogP contribution in [0.15, 0.2) is 66.2 Å². The van der Waals surface area contributed by atoms with E-state index in [-0.39, 0.29) is 11.3 Å². The summed E-state index contributed by atoms with van der Waals surface area (Å²) in [6, 6.07) is 12.8. The molecule has 0 unspecified atom stereocenters. The number of carbonyl (C=O) groups is 1. The van der Waals surface area contributed by atoms with Crippen LogP contribution in [-0.4, -0.2) is 32.5 Å². The van der Waals surface area contributed by atoms with Gasteiger partial charge in [0.25, 0.3) is 0 Å². The molecule has 0 fully saturated rings. The van der Waals surface area contributed by atoms with Gasteiger partial charge in [0.15, 0.2) is 0 Å². The van der Waals surface area contributed by atoms with E-state index in [2.05, 4.69) is 16.3 Å². The molecule has 1 atom stereocenters. The predicted octanol–water partition coefficient (Wildman–Crippen LogP) is 2.87. The number of benzene rings is 2. The smallest absolute Gasteiger partial charge is 0.324 e. The SMILES string of the molecule is C=Cc1ccc(S(=O)(=O)N[C@H](Cc2c[nH]c3ccccc23)C(=O)OC)cc1. The highest BCUT2D eigenvalue weighted by Crippen LogP contribution is 2.20. The number of nitrogens with one attached hydrogen (secondary N) is 2. The lowest BCUT2D eigenvalue weighted by molar-refractivity contribution is -0.142. The second-order valence-electron chi connectivity index (χ2n) is 6.03. The topological polar surface area (TPSA) is 88.3 Å². The van der Waals surface area contributed by atoms with Crippen LogP contribution in [0, 0.1) is 0 Å². The van der Waals surface area contributed by atoms with Crippen LogP contribution in [-0.2, 0) is 26.0 Å². The number of hydrogen-bond donors (Lipinski definition) is 2. The van der Waals surface area contributed by atoms with Crippen molar-refractivity contribution < 1.29 is 17.9 Å². The first-order chi connectivity index (χ1) is 12.9. The molecular formula is C20H20N2O4S. The highest BCUT2D eigenvalue weighted by molar-refractivity contribution is 7.89. The molecule has 0 saturated carbocycles. The molecule has 7 heteroatoms. The molecule has 2 aromatic carbocycles. The first-order valence-corrected chi connectivity index (χ1v) is 9.80. The van der Waals surface area contributed by atoms with Crippen molar-refractivity contribution in [2.24, 2.45) is 0 Å². The van der Waals surface area contributed by atoms with E-state index in [1.807, 2.05) is 24.3 Å². The Labute approximate surface area is 157 Å². The molecule has 1 aromatic heterocycles. The van der Waals surface area contributed by atoms with E-state index in [9.17, 15) is 13.2 Å².